The number of para-hydroxylation sites is 2. The summed E-state index contributed by atoms with van der Waals surface area (Å²) in [5, 5.41) is 18.5. The van der Waals surface area contributed by atoms with E-state index in [1.165, 1.54) is 6.07 Å². The molecule has 1 unspecified atom stereocenters. The van der Waals surface area contributed by atoms with E-state index in [0.717, 1.165) is 12.0 Å². The molecule has 7 heteroatoms. The Morgan fingerprint density at radius 2 is 1.88 bits per heavy atom. The first-order valence-electron chi connectivity index (χ1n) is 8.06. The molecule has 3 aromatic rings. The molecule has 0 aliphatic heterocycles. The molecule has 3 rings (SSSR count). The molecule has 0 aliphatic carbocycles. The Bertz CT molecular complexity index is 848. The lowest BCUT2D eigenvalue weighted by Crippen LogP contribution is -2.15. The minimum Gasteiger partial charge on any atom is -0.366 e. The number of nitrogens with one attached hydrogen (secondary N) is 1. The van der Waals surface area contributed by atoms with Crippen LogP contribution in [0.5, 0.6) is 0 Å². The Balaban J connectivity index is 1.99. The van der Waals surface area contributed by atoms with E-state index in [-0.39, 0.29) is 5.69 Å². The maximum absolute atomic E-state index is 11.3. The van der Waals surface area contributed by atoms with Crippen LogP contribution in [-0.2, 0) is 6.42 Å². The van der Waals surface area contributed by atoms with E-state index in [9.17, 15) is 10.1 Å². The number of nitro benzene ring substituents is 1. The van der Waals surface area contributed by atoms with E-state index in [4.69, 9.17) is 4.52 Å². The summed E-state index contributed by atoms with van der Waals surface area (Å²) < 4.78 is 5.29. The zero-order valence-corrected chi connectivity index (χ0v) is 13.8. The van der Waals surface area contributed by atoms with Crippen molar-refractivity contribution in [3.05, 3.63) is 82.0 Å². The SMILES string of the molecule is CCCc1nc(C(Nc2ccccc2[N+](=O)[O-])c2ccccc2)no1. The van der Waals surface area contributed by atoms with Crippen molar-refractivity contribution >= 4 is 11.4 Å². The van der Waals surface area contributed by atoms with Gasteiger partial charge in [-0.1, -0.05) is 54.5 Å². The van der Waals surface area contributed by atoms with Crippen molar-refractivity contribution in [1.29, 1.82) is 0 Å². The first-order valence-corrected chi connectivity index (χ1v) is 8.06. The lowest BCUT2D eigenvalue weighted by Gasteiger charge is -2.17. The van der Waals surface area contributed by atoms with Crippen LogP contribution in [0.2, 0.25) is 0 Å². The topological polar surface area (TPSA) is 94.1 Å². The highest BCUT2D eigenvalue weighted by Crippen LogP contribution is 2.30. The van der Waals surface area contributed by atoms with E-state index in [2.05, 4.69) is 15.5 Å². The Morgan fingerprint density at radius 1 is 1.16 bits per heavy atom. The Morgan fingerprint density at radius 3 is 2.60 bits per heavy atom. The second-order valence-corrected chi connectivity index (χ2v) is 5.56. The number of nitro groups is 1. The molecule has 7 nitrogen and oxygen atoms in total. The Labute approximate surface area is 144 Å². The van der Waals surface area contributed by atoms with Gasteiger partial charge in [-0.3, -0.25) is 10.1 Å². The van der Waals surface area contributed by atoms with Gasteiger partial charge < -0.3 is 9.84 Å². The van der Waals surface area contributed by atoms with Crippen LogP contribution in [0.1, 0.15) is 36.7 Å². The van der Waals surface area contributed by atoms with Crippen LogP contribution in [0.25, 0.3) is 0 Å². The average Bonchev–Trinajstić information content (AvgIpc) is 3.09. The van der Waals surface area contributed by atoms with Gasteiger partial charge in [-0.05, 0) is 18.1 Å². The van der Waals surface area contributed by atoms with Gasteiger partial charge in [0.1, 0.15) is 11.7 Å². The van der Waals surface area contributed by atoms with Gasteiger partial charge in [0.25, 0.3) is 5.69 Å². The molecule has 0 fully saturated rings. The van der Waals surface area contributed by atoms with Crippen molar-refractivity contribution in [1.82, 2.24) is 10.1 Å². The molecule has 0 bridgehead atoms. The molecular formula is C18H18N4O3. The number of aromatic nitrogens is 2. The summed E-state index contributed by atoms with van der Waals surface area (Å²) in [7, 11) is 0. The van der Waals surface area contributed by atoms with Crippen molar-refractivity contribution < 1.29 is 9.45 Å². The predicted molar refractivity (Wildman–Crippen MR) is 93.3 cm³/mol. The monoisotopic (exact) mass is 338 g/mol. The van der Waals surface area contributed by atoms with Crippen LogP contribution in [0, 0.1) is 10.1 Å². The van der Waals surface area contributed by atoms with Crippen LogP contribution in [0.15, 0.2) is 59.1 Å². The van der Waals surface area contributed by atoms with Gasteiger partial charge in [-0.25, -0.2) is 0 Å². The Kier molecular flexibility index (Phi) is 5.03. The number of hydrogen-bond acceptors (Lipinski definition) is 6. The predicted octanol–water partition coefficient (Wildman–Crippen LogP) is 4.13. The number of hydrogen-bond donors (Lipinski definition) is 1. The van der Waals surface area contributed by atoms with Crippen molar-refractivity contribution in [2.24, 2.45) is 0 Å². The van der Waals surface area contributed by atoms with Crippen molar-refractivity contribution in [2.45, 2.75) is 25.8 Å². The van der Waals surface area contributed by atoms with E-state index in [1.54, 1.807) is 18.2 Å². The normalized spacial score (nSPS) is 11.9. The van der Waals surface area contributed by atoms with Gasteiger partial charge in [0.15, 0.2) is 5.82 Å². The minimum atomic E-state index is -0.448. The molecule has 0 saturated heterocycles. The molecule has 1 heterocycles. The highest BCUT2D eigenvalue weighted by Gasteiger charge is 2.23. The second kappa shape index (κ2) is 7.57. The highest BCUT2D eigenvalue weighted by molar-refractivity contribution is 5.62. The highest BCUT2D eigenvalue weighted by atomic mass is 16.6. The van der Waals surface area contributed by atoms with Gasteiger partial charge in [-0.15, -0.1) is 0 Å². The Hall–Kier alpha value is -3.22. The zero-order valence-electron chi connectivity index (χ0n) is 13.8. The molecule has 1 atom stereocenters. The summed E-state index contributed by atoms with van der Waals surface area (Å²) in [6, 6.07) is 15.6. The molecule has 1 aromatic heterocycles. The maximum Gasteiger partial charge on any atom is 0.292 e. The quantitative estimate of drug-likeness (QED) is 0.514. The fourth-order valence-electron chi connectivity index (χ4n) is 2.55. The lowest BCUT2D eigenvalue weighted by molar-refractivity contribution is -0.384. The van der Waals surface area contributed by atoms with E-state index in [1.807, 2.05) is 37.3 Å². The molecule has 0 aliphatic rings. The molecule has 2 aromatic carbocycles. The minimum absolute atomic E-state index is 0.000655. The summed E-state index contributed by atoms with van der Waals surface area (Å²) in [6.45, 7) is 2.03. The third-order valence-corrected chi connectivity index (χ3v) is 3.74. The standard InChI is InChI=1S/C18H18N4O3/c1-2-8-16-20-18(21-25-16)17(13-9-4-3-5-10-13)19-14-11-6-7-12-15(14)22(23)24/h3-7,9-12,17,19H,2,8H2,1H3. The fourth-order valence-corrected chi connectivity index (χ4v) is 2.55. The molecule has 0 radical (unpaired) electrons. The van der Waals surface area contributed by atoms with Gasteiger partial charge in [-0.2, -0.15) is 4.98 Å². The van der Waals surface area contributed by atoms with Crippen LogP contribution in [-0.4, -0.2) is 15.1 Å². The van der Waals surface area contributed by atoms with Gasteiger partial charge >= 0.3 is 0 Å². The number of rotatable bonds is 7. The molecule has 0 saturated carbocycles. The number of benzene rings is 2. The number of anilines is 1. The second-order valence-electron chi connectivity index (χ2n) is 5.56. The van der Waals surface area contributed by atoms with E-state index < -0.39 is 11.0 Å². The fraction of sp³-hybridized carbons (Fsp3) is 0.222. The van der Waals surface area contributed by atoms with Crippen molar-refractivity contribution in [3.8, 4) is 0 Å². The summed E-state index contributed by atoms with van der Waals surface area (Å²) in [5.41, 5.74) is 1.30. The molecular weight excluding hydrogens is 320 g/mol. The summed E-state index contributed by atoms with van der Waals surface area (Å²) in [5.74, 6) is 1.01. The van der Waals surface area contributed by atoms with Gasteiger partial charge in [0, 0.05) is 12.5 Å². The summed E-state index contributed by atoms with van der Waals surface area (Å²) in [4.78, 5) is 15.3. The zero-order chi connectivity index (χ0) is 17.6. The lowest BCUT2D eigenvalue weighted by atomic mass is 10.1. The molecule has 128 valence electrons. The molecule has 25 heavy (non-hydrogen) atoms. The van der Waals surface area contributed by atoms with Crippen molar-refractivity contribution in [3.63, 3.8) is 0 Å². The maximum atomic E-state index is 11.3. The smallest absolute Gasteiger partial charge is 0.292 e. The number of aryl methyl sites for hydroxylation is 1. The van der Waals surface area contributed by atoms with E-state index >= 15 is 0 Å². The summed E-state index contributed by atoms with van der Waals surface area (Å²) >= 11 is 0. The first kappa shape index (κ1) is 16.6. The van der Waals surface area contributed by atoms with Crippen molar-refractivity contribution in [2.75, 3.05) is 5.32 Å². The number of nitrogens with zero attached hydrogens (tertiary/aromatic N) is 3. The van der Waals surface area contributed by atoms with Gasteiger partial charge in [0.05, 0.1) is 4.92 Å². The summed E-state index contributed by atoms with van der Waals surface area (Å²) in [6.07, 6.45) is 1.59. The molecule has 0 spiro atoms. The first-order chi connectivity index (χ1) is 12.2. The van der Waals surface area contributed by atoms with E-state index in [0.29, 0.717) is 23.8 Å². The average molecular weight is 338 g/mol. The largest absolute Gasteiger partial charge is 0.366 e. The third kappa shape index (κ3) is 3.82. The van der Waals surface area contributed by atoms with Crippen LogP contribution >= 0.6 is 0 Å². The van der Waals surface area contributed by atoms with Crippen LogP contribution < -0.4 is 5.32 Å². The van der Waals surface area contributed by atoms with Crippen LogP contribution in [0.3, 0.4) is 0 Å². The van der Waals surface area contributed by atoms with Crippen LogP contribution in [0.4, 0.5) is 11.4 Å². The third-order valence-electron chi connectivity index (χ3n) is 3.74. The molecule has 1 N–H and O–H groups in total. The van der Waals surface area contributed by atoms with Gasteiger partial charge in [0.2, 0.25) is 5.89 Å². The molecule has 0 amide bonds.